The van der Waals surface area contributed by atoms with E-state index in [0.717, 1.165) is 11.1 Å². The largest absolute Gasteiger partial charge is 0.481 e. The molecule has 3 aromatic carbocycles. The number of ether oxygens (including phenoxy) is 1. The van der Waals surface area contributed by atoms with E-state index in [9.17, 15) is 14.7 Å². The van der Waals surface area contributed by atoms with E-state index in [1.165, 1.54) is 23.8 Å². The van der Waals surface area contributed by atoms with E-state index in [0.29, 0.717) is 13.1 Å². The number of rotatable bonds is 8. The summed E-state index contributed by atoms with van der Waals surface area (Å²) in [7, 11) is 0. The Hall–Kier alpha value is -3.31. The van der Waals surface area contributed by atoms with Crippen LogP contribution in [-0.4, -0.2) is 28.5 Å². The topological polar surface area (TPSA) is 66.8 Å². The van der Waals surface area contributed by atoms with Gasteiger partial charge in [-0.25, -0.2) is 4.79 Å². The molecule has 0 saturated carbocycles. The first kappa shape index (κ1) is 24.3. The summed E-state index contributed by atoms with van der Waals surface area (Å²) in [6.45, 7) is 6.95. The van der Waals surface area contributed by atoms with Crippen LogP contribution in [0, 0.1) is 0 Å². The molecule has 0 atom stereocenters. The van der Waals surface area contributed by atoms with Crippen LogP contribution in [0.4, 0.5) is 0 Å². The Morgan fingerprint density at radius 3 is 2.06 bits per heavy atom. The van der Waals surface area contributed by atoms with E-state index in [1.54, 1.807) is 4.90 Å². The average Bonchev–Trinajstić information content (AvgIpc) is 2.78. The maximum Gasteiger partial charge on any atom is 0.339 e. The summed E-state index contributed by atoms with van der Waals surface area (Å²) < 4.78 is 5.61. The SMILES string of the molecule is CC(C)(C)c1ccc(CN(Cc2ccccc2)C(=O)COc2c(Cl)cccc2C(=O)O)cc1. The van der Waals surface area contributed by atoms with Crippen LogP contribution in [0.5, 0.6) is 5.75 Å². The molecule has 6 heteroatoms. The zero-order chi connectivity index (χ0) is 24.0. The summed E-state index contributed by atoms with van der Waals surface area (Å²) in [5, 5.41) is 9.55. The molecule has 0 aliphatic rings. The van der Waals surface area contributed by atoms with Crippen molar-refractivity contribution >= 4 is 23.5 Å². The number of hydrogen-bond acceptors (Lipinski definition) is 3. The molecular formula is C27H28ClNO4. The minimum Gasteiger partial charge on any atom is -0.481 e. The number of hydrogen-bond donors (Lipinski definition) is 1. The molecular weight excluding hydrogens is 438 g/mol. The molecule has 0 aromatic heterocycles. The van der Waals surface area contributed by atoms with Gasteiger partial charge in [-0.05, 0) is 34.2 Å². The molecule has 3 aromatic rings. The Bertz CT molecular complexity index is 1110. The van der Waals surface area contributed by atoms with Gasteiger partial charge in [-0.2, -0.15) is 0 Å². The van der Waals surface area contributed by atoms with Gasteiger partial charge >= 0.3 is 5.97 Å². The Balaban J connectivity index is 1.79. The highest BCUT2D eigenvalue weighted by Gasteiger charge is 2.20. The fourth-order valence-electron chi connectivity index (χ4n) is 3.42. The Morgan fingerprint density at radius 2 is 1.48 bits per heavy atom. The minimum atomic E-state index is -1.17. The van der Waals surface area contributed by atoms with E-state index in [1.807, 2.05) is 42.5 Å². The number of aromatic carboxylic acids is 1. The molecule has 1 N–H and O–H groups in total. The van der Waals surface area contributed by atoms with Crippen LogP contribution in [-0.2, 0) is 23.3 Å². The second-order valence-corrected chi connectivity index (χ2v) is 9.30. The van der Waals surface area contributed by atoms with Gasteiger partial charge in [0, 0.05) is 13.1 Å². The molecule has 3 rings (SSSR count). The summed E-state index contributed by atoms with van der Waals surface area (Å²) in [6, 6.07) is 22.4. The lowest BCUT2D eigenvalue weighted by Gasteiger charge is -2.24. The number of carbonyl (C=O) groups is 2. The summed E-state index contributed by atoms with van der Waals surface area (Å²) >= 11 is 6.13. The summed E-state index contributed by atoms with van der Waals surface area (Å²) in [5.41, 5.74) is 3.17. The van der Waals surface area contributed by atoms with Gasteiger partial charge in [0.15, 0.2) is 12.4 Å². The molecule has 0 unspecified atom stereocenters. The van der Waals surface area contributed by atoms with E-state index < -0.39 is 5.97 Å². The molecule has 5 nitrogen and oxygen atoms in total. The number of amides is 1. The Labute approximate surface area is 199 Å². The summed E-state index contributed by atoms with van der Waals surface area (Å²) in [5.74, 6) is -1.44. The van der Waals surface area contributed by atoms with E-state index >= 15 is 0 Å². The summed E-state index contributed by atoms with van der Waals surface area (Å²) in [6.07, 6.45) is 0. The smallest absolute Gasteiger partial charge is 0.339 e. The van der Waals surface area contributed by atoms with Gasteiger partial charge in [-0.15, -0.1) is 0 Å². The first-order valence-electron chi connectivity index (χ1n) is 10.7. The molecule has 0 aliphatic carbocycles. The molecule has 0 fully saturated rings. The van der Waals surface area contributed by atoms with Crippen molar-refractivity contribution in [3.8, 4) is 5.75 Å². The second-order valence-electron chi connectivity index (χ2n) is 8.89. The number of halogens is 1. The van der Waals surface area contributed by atoms with Crippen LogP contribution in [0.15, 0.2) is 72.8 Å². The van der Waals surface area contributed by atoms with Crippen molar-refractivity contribution in [3.63, 3.8) is 0 Å². The molecule has 172 valence electrons. The molecule has 1 amide bonds. The molecule has 0 saturated heterocycles. The van der Waals surface area contributed by atoms with Crippen molar-refractivity contribution < 1.29 is 19.4 Å². The number of nitrogens with zero attached hydrogens (tertiary/aromatic N) is 1. The third-order valence-electron chi connectivity index (χ3n) is 5.30. The molecule has 0 spiro atoms. The quantitative estimate of drug-likeness (QED) is 0.446. The van der Waals surface area contributed by atoms with Crippen LogP contribution >= 0.6 is 11.6 Å². The van der Waals surface area contributed by atoms with Gasteiger partial charge in [-0.1, -0.05) is 93.0 Å². The molecule has 0 radical (unpaired) electrons. The van der Waals surface area contributed by atoms with E-state index in [4.69, 9.17) is 16.3 Å². The monoisotopic (exact) mass is 465 g/mol. The van der Waals surface area contributed by atoms with Crippen LogP contribution in [0.25, 0.3) is 0 Å². The zero-order valence-electron chi connectivity index (χ0n) is 19.0. The highest BCUT2D eigenvalue weighted by Crippen LogP contribution is 2.29. The van der Waals surface area contributed by atoms with Gasteiger partial charge in [0.1, 0.15) is 5.56 Å². The van der Waals surface area contributed by atoms with E-state index in [-0.39, 0.29) is 34.3 Å². The van der Waals surface area contributed by atoms with Crippen LogP contribution in [0.2, 0.25) is 5.02 Å². The number of carboxylic acids is 1. The van der Waals surface area contributed by atoms with Crippen molar-refractivity contribution in [2.24, 2.45) is 0 Å². The Kier molecular flexibility index (Phi) is 7.77. The molecule has 0 aliphatic heterocycles. The van der Waals surface area contributed by atoms with Gasteiger partial charge < -0.3 is 14.7 Å². The zero-order valence-corrected chi connectivity index (χ0v) is 19.8. The maximum absolute atomic E-state index is 13.2. The number of benzene rings is 3. The van der Waals surface area contributed by atoms with Gasteiger partial charge in [0.05, 0.1) is 5.02 Å². The van der Waals surface area contributed by atoms with Crippen LogP contribution < -0.4 is 4.74 Å². The number of carbonyl (C=O) groups excluding carboxylic acids is 1. The van der Waals surface area contributed by atoms with Crippen molar-refractivity contribution in [1.29, 1.82) is 0 Å². The van der Waals surface area contributed by atoms with Gasteiger partial charge in [0.2, 0.25) is 0 Å². The normalized spacial score (nSPS) is 11.2. The second kappa shape index (κ2) is 10.5. The van der Waals surface area contributed by atoms with Crippen molar-refractivity contribution in [1.82, 2.24) is 4.90 Å². The average molecular weight is 466 g/mol. The van der Waals surface area contributed by atoms with Crippen LogP contribution in [0.1, 0.15) is 47.8 Å². The maximum atomic E-state index is 13.2. The van der Waals surface area contributed by atoms with Crippen molar-refractivity contribution in [2.75, 3.05) is 6.61 Å². The fourth-order valence-corrected chi connectivity index (χ4v) is 3.64. The van der Waals surface area contributed by atoms with E-state index in [2.05, 4.69) is 32.9 Å². The standard InChI is InChI=1S/C27H28ClNO4/c1-27(2,3)21-14-12-20(13-15-21)17-29(16-19-8-5-4-6-9-19)24(30)18-33-25-22(26(31)32)10-7-11-23(25)28/h4-15H,16-18H2,1-3H3,(H,31,32). The predicted octanol–water partition coefficient (Wildman–Crippen LogP) is 5.94. The lowest BCUT2D eigenvalue weighted by atomic mass is 9.87. The van der Waals surface area contributed by atoms with Gasteiger partial charge in [0.25, 0.3) is 5.91 Å². The van der Waals surface area contributed by atoms with Crippen molar-refractivity contribution in [3.05, 3.63) is 100 Å². The highest BCUT2D eigenvalue weighted by atomic mass is 35.5. The first-order chi connectivity index (χ1) is 15.6. The number of carboxylic acid groups (broad SMARTS) is 1. The summed E-state index contributed by atoms with van der Waals surface area (Å²) in [4.78, 5) is 26.3. The lowest BCUT2D eigenvalue weighted by molar-refractivity contribution is -0.134. The molecule has 33 heavy (non-hydrogen) atoms. The van der Waals surface area contributed by atoms with Crippen molar-refractivity contribution in [2.45, 2.75) is 39.3 Å². The fraction of sp³-hybridized carbons (Fsp3) is 0.259. The highest BCUT2D eigenvalue weighted by molar-refractivity contribution is 6.32. The first-order valence-corrected chi connectivity index (χ1v) is 11.1. The lowest BCUT2D eigenvalue weighted by Crippen LogP contribution is -2.34. The number of para-hydroxylation sites is 1. The molecule has 0 heterocycles. The third-order valence-corrected chi connectivity index (χ3v) is 5.60. The molecule has 0 bridgehead atoms. The predicted molar refractivity (Wildman–Crippen MR) is 130 cm³/mol. The van der Waals surface area contributed by atoms with Crippen LogP contribution in [0.3, 0.4) is 0 Å². The third kappa shape index (κ3) is 6.59. The Morgan fingerprint density at radius 1 is 0.879 bits per heavy atom. The van der Waals surface area contributed by atoms with Gasteiger partial charge in [-0.3, -0.25) is 4.79 Å². The minimum absolute atomic E-state index is 0.00536.